The summed E-state index contributed by atoms with van der Waals surface area (Å²) in [5.74, 6) is 0.774. The molecule has 1 saturated heterocycles. The van der Waals surface area contributed by atoms with Crippen LogP contribution in [-0.4, -0.2) is 34.3 Å². The Morgan fingerprint density at radius 1 is 1.28 bits per heavy atom. The predicted molar refractivity (Wildman–Crippen MR) is 67.8 cm³/mol. The van der Waals surface area contributed by atoms with Crippen LogP contribution in [-0.2, 0) is 9.59 Å². The quantitative estimate of drug-likeness (QED) is 0.821. The molecule has 4 nitrogen and oxygen atoms in total. The molecule has 0 radical (unpaired) electrons. The highest BCUT2D eigenvalue weighted by Crippen LogP contribution is 2.46. The van der Waals surface area contributed by atoms with Gasteiger partial charge in [0.05, 0.1) is 0 Å². The first-order chi connectivity index (χ1) is 8.44. The van der Waals surface area contributed by atoms with E-state index in [1.54, 1.807) is 0 Å². The average molecular weight is 250 g/mol. The molecule has 2 amide bonds. The molecule has 2 saturated carbocycles. The fourth-order valence-corrected chi connectivity index (χ4v) is 3.08. The third kappa shape index (κ3) is 1.73. The highest BCUT2D eigenvalue weighted by Gasteiger charge is 2.56. The number of hydrogen-bond acceptors (Lipinski definition) is 2. The van der Waals surface area contributed by atoms with Gasteiger partial charge in [-0.1, -0.05) is 13.8 Å². The molecule has 4 heteroatoms. The molecule has 0 aromatic rings. The molecule has 0 aromatic heterocycles. The van der Waals surface area contributed by atoms with Crippen molar-refractivity contribution in [3.8, 4) is 0 Å². The number of carbonyl (C=O) groups excluding carboxylic acids is 2. The Hall–Kier alpha value is -1.06. The molecule has 2 aliphatic carbocycles. The van der Waals surface area contributed by atoms with E-state index in [0.717, 1.165) is 25.7 Å². The molecule has 0 spiro atoms. The van der Waals surface area contributed by atoms with Gasteiger partial charge in [0.1, 0.15) is 12.1 Å². The molecule has 1 aliphatic heterocycles. The summed E-state index contributed by atoms with van der Waals surface area (Å²) in [4.78, 5) is 26.9. The third-order valence-corrected chi connectivity index (χ3v) is 4.63. The minimum absolute atomic E-state index is 0.0506. The van der Waals surface area contributed by atoms with Gasteiger partial charge in [-0.2, -0.15) is 0 Å². The molecule has 0 bridgehead atoms. The number of amides is 2. The molecule has 3 aliphatic rings. The lowest BCUT2D eigenvalue weighted by Crippen LogP contribution is -2.68. The van der Waals surface area contributed by atoms with Crippen molar-refractivity contribution >= 4 is 11.8 Å². The molecule has 3 fully saturated rings. The van der Waals surface area contributed by atoms with Crippen LogP contribution < -0.4 is 5.32 Å². The van der Waals surface area contributed by atoms with Gasteiger partial charge in [0.25, 0.3) is 0 Å². The minimum atomic E-state index is -0.278. The van der Waals surface area contributed by atoms with Crippen molar-refractivity contribution in [3.05, 3.63) is 0 Å². The summed E-state index contributed by atoms with van der Waals surface area (Å²) < 4.78 is 0. The largest absolute Gasteiger partial charge is 0.342 e. The van der Waals surface area contributed by atoms with Crippen molar-refractivity contribution in [2.45, 2.75) is 64.1 Å². The maximum Gasteiger partial charge on any atom is 0.246 e. The average Bonchev–Trinajstić information content (AvgIpc) is 3.15. The van der Waals surface area contributed by atoms with Gasteiger partial charge < -0.3 is 10.2 Å². The van der Waals surface area contributed by atoms with E-state index in [0.29, 0.717) is 5.92 Å². The highest BCUT2D eigenvalue weighted by molar-refractivity contribution is 5.98. The van der Waals surface area contributed by atoms with Crippen LogP contribution in [0.25, 0.3) is 0 Å². The van der Waals surface area contributed by atoms with Crippen molar-refractivity contribution in [1.29, 1.82) is 0 Å². The van der Waals surface area contributed by atoms with Crippen molar-refractivity contribution in [1.82, 2.24) is 10.2 Å². The maximum absolute atomic E-state index is 12.7. The Labute approximate surface area is 108 Å². The first-order valence-electron chi connectivity index (χ1n) is 7.07. The standard InChI is InChI=1S/C14H22N2O2/c1-8(2)11-12(17)15-10(9-4-5-9)13(18)16(11)14(3)6-7-14/h8-11H,4-7H2,1-3H3,(H,15,17). The van der Waals surface area contributed by atoms with E-state index in [1.807, 2.05) is 18.7 Å². The molecule has 18 heavy (non-hydrogen) atoms. The topological polar surface area (TPSA) is 49.4 Å². The molecule has 100 valence electrons. The summed E-state index contributed by atoms with van der Waals surface area (Å²) in [6.45, 7) is 6.16. The number of nitrogens with zero attached hydrogens (tertiary/aromatic N) is 1. The second-order valence-electron chi connectivity index (χ2n) is 6.72. The summed E-state index contributed by atoms with van der Waals surface area (Å²) >= 11 is 0. The van der Waals surface area contributed by atoms with Gasteiger partial charge in [-0.25, -0.2) is 0 Å². The summed E-state index contributed by atoms with van der Waals surface area (Å²) in [5, 5.41) is 2.96. The van der Waals surface area contributed by atoms with E-state index < -0.39 is 0 Å². The molecule has 3 rings (SSSR count). The maximum atomic E-state index is 12.7. The fourth-order valence-electron chi connectivity index (χ4n) is 3.08. The third-order valence-electron chi connectivity index (χ3n) is 4.63. The van der Waals surface area contributed by atoms with E-state index >= 15 is 0 Å². The first kappa shape index (κ1) is 12.0. The number of nitrogens with one attached hydrogen (secondary N) is 1. The molecule has 0 aromatic carbocycles. The molecule has 2 unspecified atom stereocenters. The highest BCUT2D eigenvalue weighted by atomic mass is 16.2. The van der Waals surface area contributed by atoms with Crippen molar-refractivity contribution in [2.75, 3.05) is 0 Å². The van der Waals surface area contributed by atoms with Crippen molar-refractivity contribution < 1.29 is 9.59 Å². The SMILES string of the molecule is CC(C)C1C(=O)NC(C2CC2)C(=O)N1C1(C)CC1. The second-order valence-corrected chi connectivity index (χ2v) is 6.72. The van der Waals surface area contributed by atoms with Gasteiger partial charge in [0, 0.05) is 5.54 Å². The van der Waals surface area contributed by atoms with Gasteiger partial charge in [-0.15, -0.1) is 0 Å². The fraction of sp³-hybridized carbons (Fsp3) is 0.857. The number of hydrogen-bond donors (Lipinski definition) is 1. The van der Waals surface area contributed by atoms with Crippen LogP contribution in [0.3, 0.4) is 0 Å². The van der Waals surface area contributed by atoms with E-state index in [-0.39, 0.29) is 35.4 Å². The lowest BCUT2D eigenvalue weighted by molar-refractivity contribution is -0.155. The number of rotatable bonds is 3. The van der Waals surface area contributed by atoms with Gasteiger partial charge in [-0.05, 0) is 44.4 Å². The second kappa shape index (κ2) is 3.72. The summed E-state index contributed by atoms with van der Waals surface area (Å²) in [6, 6.07) is -0.523. The summed E-state index contributed by atoms with van der Waals surface area (Å²) in [7, 11) is 0. The lowest BCUT2D eigenvalue weighted by Gasteiger charge is -2.44. The van der Waals surface area contributed by atoms with Gasteiger partial charge in [0.2, 0.25) is 11.8 Å². The molecule has 1 heterocycles. The smallest absolute Gasteiger partial charge is 0.246 e. The van der Waals surface area contributed by atoms with Crippen LogP contribution in [0.4, 0.5) is 0 Å². The van der Waals surface area contributed by atoms with Gasteiger partial charge >= 0.3 is 0 Å². The first-order valence-corrected chi connectivity index (χ1v) is 7.07. The van der Waals surface area contributed by atoms with E-state index in [1.165, 1.54) is 0 Å². The van der Waals surface area contributed by atoms with E-state index in [4.69, 9.17) is 0 Å². The van der Waals surface area contributed by atoms with Crippen LogP contribution in [0.1, 0.15) is 46.5 Å². The Kier molecular flexibility index (Phi) is 2.48. The molecule has 1 N–H and O–H groups in total. The van der Waals surface area contributed by atoms with Crippen LogP contribution in [0, 0.1) is 11.8 Å². The zero-order chi connectivity index (χ0) is 13.1. The zero-order valence-corrected chi connectivity index (χ0v) is 11.4. The van der Waals surface area contributed by atoms with Crippen LogP contribution in [0.5, 0.6) is 0 Å². The molecular formula is C14H22N2O2. The van der Waals surface area contributed by atoms with E-state index in [2.05, 4.69) is 12.2 Å². The molecular weight excluding hydrogens is 228 g/mol. The Bertz CT molecular complexity index is 397. The van der Waals surface area contributed by atoms with Crippen LogP contribution >= 0.6 is 0 Å². The predicted octanol–water partition coefficient (Wildman–Crippen LogP) is 1.30. The zero-order valence-electron chi connectivity index (χ0n) is 11.4. The number of carbonyl (C=O) groups is 2. The normalized spacial score (nSPS) is 34.8. The Balaban J connectivity index is 1.91. The summed E-state index contributed by atoms with van der Waals surface area (Å²) in [6.07, 6.45) is 4.22. The minimum Gasteiger partial charge on any atom is -0.342 e. The summed E-state index contributed by atoms with van der Waals surface area (Å²) in [5.41, 5.74) is -0.0586. The van der Waals surface area contributed by atoms with Crippen LogP contribution in [0.2, 0.25) is 0 Å². The number of piperazine rings is 1. The van der Waals surface area contributed by atoms with E-state index in [9.17, 15) is 9.59 Å². The monoisotopic (exact) mass is 250 g/mol. The van der Waals surface area contributed by atoms with Crippen molar-refractivity contribution in [3.63, 3.8) is 0 Å². The van der Waals surface area contributed by atoms with Gasteiger partial charge in [-0.3, -0.25) is 9.59 Å². The lowest BCUT2D eigenvalue weighted by atomic mass is 9.93. The van der Waals surface area contributed by atoms with Crippen LogP contribution in [0.15, 0.2) is 0 Å². The Morgan fingerprint density at radius 2 is 1.89 bits per heavy atom. The Morgan fingerprint density at radius 3 is 2.33 bits per heavy atom. The van der Waals surface area contributed by atoms with Gasteiger partial charge in [0.15, 0.2) is 0 Å². The molecule has 2 atom stereocenters. The van der Waals surface area contributed by atoms with Crippen molar-refractivity contribution in [2.24, 2.45) is 11.8 Å².